The van der Waals surface area contributed by atoms with Gasteiger partial charge in [0.2, 0.25) is 5.91 Å². The number of nitrogens with one attached hydrogen (secondary N) is 1. The molecule has 0 radical (unpaired) electrons. The lowest BCUT2D eigenvalue weighted by Gasteiger charge is -2.08. The number of carbonyl (C=O) groups is 1. The predicted molar refractivity (Wildman–Crippen MR) is 128 cm³/mol. The molecular formula is C23H19ClN2O4S2. The van der Waals surface area contributed by atoms with E-state index in [0.717, 1.165) is 10.2 Å². The van der Waals surface area contributed by atoms with Crippen LogP contribution in [-0.4, -0.2) is 30.2 Å². The molecule has 0 fully saturated rings. The van der Waals surface area contributed by atoms with E-state index in [0.29, 0.717) is 21.3 Å². The molecule has 3 aromatic carbocycles. The van der Waals surface area contributed by atoms with Crippen molar-refractivity contribution >= 4 is 54.6 Å². The summed E-state index contributed by atoms with van der Waals surface area (Å²) < 4.78 is 25.8. The van der Waals surface area contributed by atoms with Gasteiger partial charge in [0.05, 0.1) is 26.4 Å². The lowest BCUT2D eigenvalue weighted by atomic mass is 10.1. The van der Waals surface area contributed by atoms with Crippen LogP contribution >= 0.6 is 22.9 Å². The number of amides is 1. The molecule has 0 bridgehead atoms. The van der Waals surface area contributed by atoms with Crippen molar-refractivity contribution in [1.82, 2.24) is 4.98 Å². The van der Waals surface area contributed by atoms with Crippen LogP contribution in [0.3, 0.4) is 0 Å². The number of rotatable bonds is 7. The summed E-state index contributed by atoms with van der Waals surface area (Å²) in [6.45, 7) is 0. The van der Waals surface area contributed by atoms with Gasteiger partial charge in [0, 0.05) is 17.1 Å². The number of sulfone groups is 1. The highest BCUT2D eigenvalue weighted by Crippen LogP contribution is 2.36. The predicted octanol–water partition coefficient (Wildman–Crippen LogP) is 5.51. The lowest BCUT2D eigenvalue weighted by molar-refractivity contribution is -0.116. The second-order valence-electron chi connectivity index (χ2n) is 7.14. The van der Waals surface area contributed by atoms with Gasteiger partial charge in [-0.05, 0) is 61.0 Å². The van der Waals surface area contributed by atoms with Gasteiger partial charge in [0.25, 0.3) is 0 Å². The van der Waals surface area contributed by atoms with E-state index in [2.05, 4.69) is 10.3 Å². The molecule has 0 saturated carbocycles. The molecule has 0 atom stereocenters. The quantitative estimate of drug-likeness (QED) is 0.335. The molecule has 6 nitrogen and oxygen atoms in total. The second kappa shape index (κ2) is 9.28. The number of fused-ring (bicyclic) bond motifs is 1. The summed E-state index contributed by atoms with van der Waals surface area (Å²) in [5.74, 6) is -0.387. The van der Waals surface area contributed by atoms with E-state index in [9.17, 15) is 18.3 Å². The zero-order valence-corrected chi connectivity index (χ0v) is 19.2. The monoisotopic (exact) mass is 486 g/mol. The van der Waals surface area contributed by atoms with Crippen LogP contribution in [0, 0.1) is 0 Å². The third-order valence-corrected chi connectivity index (χ3v) is 7.93. The maximum atomic E-state index is 12.4. The van der Waals surface area contributed by atoms with Gasteiger partial charge in [0.15, 0.2) is 9.84 Å². The molecule has 0 aliphatic rings. The van der Waals surface area contributed by atoms with Crippen LogP contribution in [0.4, 0.5) is 5.69 Å². The fraction of sp³-hybridized carbons (Fsp3) is 0.130. The standard InChI is InChI=1S/C23H19ClN2O4S2/c24-15-7-10-17(11-8-15)32(29,30)13-3-6-22(28)25-16-9-12-20(27)18(14-16)23-26-19-4-1-2-5-21(19)31-23/h1-2,4-5,7-12,14,27H,3,6,13H2,(H,25,28). The largest absolute Gasteiger partial charge is 0.507 e. The van der Waals surface area contributed by atoms with E-state index in [-0.39, 0.29) is 35.1 Å². The first kappa shape index (κ1) is 22.3. The van der Waals surface area contributed by atoms with Crippen LogP contribution in [0.25, 0.3) is 20.8 Å². The molecule has 0 saturated heterocycles. The molecule has 4 rings (SSSR count). The topological polar surface area (TPSA) is 96.4 Å². The third-order valence-electron chi connectivity index (χ3n) is 4.79. The Kier molecular flexibility index (Phi) is 6.45. The fourth-order valence-electron chi connectivity index (χ4n) is 3.18. The first-order valence-electron chi connectivity index (χ1n) is 9.79. The summed E-state index contributed by atoms with van der Waals surface area (Å²) in [6.07, 6.45) is 0.226. The minimum atomic E-state index is -3.49. The number of phenols is 1. The fourth-order valence-corrected chi connectivity index (χ4v) is 5.61. The van der Waals surface area contributed by atoms with Crippen LogP contribution in [0.1, 0.15) is 12.8 Å². The van der Waals surface area contributed by atoms with Gasteiger partial charge >= 0.3 is 0 Å². The highest BCUT2D eigenvalue weighted by Gasteiger charge is 2.16. The molecule has 164 valence electrons. The number of aromatic hydroxyl groups is 1. The zero-order chi connectivity index (χ0) is 22.7. The van der Waals surface area contributed by atoms with E-state index < -0.39 is 9.84 Å². The van der Waals surface area contributed by atoms with Gasteiger partial charge in [-0.1, -0.05) is 23.7 Å². The van der Waals surface area contributed by atoms with Crippen molar-refractivity contribution in [2.75, 3.05) is 11.1 Å². The van der Waals surface area contributed by atoms with Gasteiger partial charge in [0.1, 0.15) is 10.8 Å². The van der Waals surface area contributed by atoms with E-state index in [1.807, 2.05) is 24.3 Å². The Morgan fingerprint density at radius 3 is 2.56 bits per heavy atom. The number of aromatic nitrogens is 1. The van der Waals surface area contributed by atoms with Gasteiger partial charge in [-0.25, -0.2) is 13.4 Å². The number of phenolic OH excluding ortho intramolecular Hbond substituents is 1. The van der Waals surface area contributed by atoms with Crippen molar-refractivity contribution in [1.29, 1.82) is 0 Å². The van der Waals surface area contributed by atoms with E-state index in [4.69, 9.17) is 11.6 Å². The Labute approximate surface area is 194 Å². The van der Waals surface area contributed by atoms with Crippen LogP contribution in [0.5, 0.6) is 5.75 Å². The van der Waals surface area contributed by atoms with Gasteiger partial charge in [-0.3, -0.25) is 4.79 Å². The number of thiazole rings is 1. The SMILES string of the molecule is O=C(CCCS(=O)(=O)c1ccc(Cl)cc1)Nc1ccc(O)c(-c2nc3ccccc3s2)c1. The number of nitrogens with zero attached hydrogens (tertiary/aromatic N) is 1. The first-order valence-corrected chi connectivity index (χ1v) is 12.6. The molecule has 0 spiro atoms. The molecule has 32 heavy (non-hydrogen) atoms. The molecule has 2 N–H and O–H groups in total. The lowest BCUT2D eigenvalue weighted by Crippen LogP contribution is -2.14. The molecule has 1 aromatic heterocycles. The van der Waals surface area contributed by atoms with Gasteiger partial charge < -0.3 is 10.4 Å². The van der Waals surface area contributed by atoms with Crippen LogP contribution in [0.15, 0.2) is 71.6 Å². The van der Waals surface area contributed by atoms with E-state index in [1.165, 1.54) is 41.7 Å². The maximum Gasteiger partial charge on any atom is 0.224 e. The van der Waals surface area contributed by atoms with Crippen molar-refractivity contribution < 1.29 is 18.3 Å². The number of hydrogen-bond donors (Lipinski definition) is 2. The number of para-hydroxylation sites is 1. The van der Waals surface area contributed by atoms with Crippen LogP contribution < -0.4 is 5.32 Å². The summed E-state index contributed by atoms with van der Waals surface area (Å²) in [4.78, 5) is 17.1. The summed E-state index contributed by atoms with van der Waals surface area (Å²) >= 11 is 7.25. The molecule has 1 heterocycles. The van der Waals surface area contributed by atoms with E-state index >= 15 is 0 Å². The number of anilines is 1. The Hall–Kier alpha value is -2.94. The first-order chi connectivity index (χ1) is 15.3. The van der Waals surface area contributed by atoms with Crippen molar-refractivity contribution in [2.24, 2.45) is 0 Å². The van der Waals surface area contributed by atoms with Crippen molar-refractivity contribution in [3.8, 4) is 16.3 Å². The molecule has 0 aliphatic carbocycles. The Balaban J connectivity index is 1.40. The molecule has 0 aliphatic heterocycles. The highest BCUT2D eigenvalue weighted by atomic mass is 35.5. The van der Waals surface area contributed by atoms with Crippen molar-refractivity contribution in [3.05, 3.63) is 71.8 Å². The van der Waals surface area contributed by atoms with Crippen molar-refractivity contribution in [3.63, 3.8) is 0 Å². The maximum absolute atomic E-state index is 12.4. The highest BCUT2D eigenvalue weighted by molar-refractivity contribution is 7.91. The Morgan fingerprint density at radius 1 is 1.06 bits per heavy atom. The summed E-state index contributed by atoms with van der Waals surface area (Å²) in [6, 6.07) is 18.4. The number of carbonyl (C=O) groups excluding carboxylic acids is 1. The second-order valence-corrected chi connectivity index (χ2v) is 10.7. The summed E-state index contributed by atoms with van der Waals surface area (Å²) in [5.41, 5.74) is 1.86. The normalized spacial score (nSPS) is 11.5. The smallest absolute Gasteiger partial charge is 0.224 e. The van der Waals surface area contributed by atoms with Gasteiger partial charge in [-0.15, -0.1) is 11.3 Å². The average Bonchev–Trinajstić information content (AvgIpc) is 3.19. The van der Waals surface area contributed by atoms with Crippen molar-refractivity contribution in [2.45, 2.75) is 17.7 Å². The van der Waals surface area contributed by atoms with E-state index in [1.54, 1.807) is 12.1 Å². The van der Waals surface area contributed by atoms with Crippen LogP contribution in [-0.2, 0) is 14.6 Å². The van der Waals surface area contributed by atoms with Crippen LogP contribution in [0.2, 0.25) is 5.02 Å². The third kappa shape index (κ3) is 5.09. The molecule has 0 unspecified atom stereocenters. The minimum absolute atomic E-state index is 0.0458. The molecule has 4 aromatic rings. The zero-order valence-electron chi connectivity index (χ0n) is 16.8. The number of halogens is 1. The minimum Gasteiger partial charge on any atom is -0.507 e. The molecule has 1 amide bonds. The summed E-state index contributed by atoms with van der Waals surface area (Å²) in [5, 5.41) is 14.2. The molecule has 9 heteroatoms. The molecular weight excluding hydrogens is 468 g/mol. The Bertz CT molecular complexity index is 1350. The Morgan fingerprint density at radius 2 is 1.81 bits per heavy atom. The van der Waals surface area contributed by atoms with Gasteiger partial charge in [-0.2, -0.15) is 0 Å². The summed E-state index contributed by atoms with van der Waals surface area (Å²) in [7, 11) is -3.49. The number of hydrogen-bond acceptors (Lipinski definition) is 6. The average molecular weight is 487 g/mol. The number of benzene rings is 3.